The number of amides is 2. The van der Waals surface area contributed by atoms with Crippen LogP contribution in [0.4, 0.5) is 4.79 Å². The fourth-order valence-electron chi connectivity index (χ4n) is 0.752. The molecule has 62 valence electrons. The summed E-state index contributed by atoms with van der Waals surface area (Å²) in [6, 6.07) is 0.396. The molecule has 0 aromatic rings. The lowest BCUT2D eigenvalue weighted by Crippen LogP contribution is -2.37. The SMILES string of the molecule is C=CCCNC(=O)NC1CC1. The van der Waals surface area contributed by atoms with E-state index in [0.717, 1.165) is 19.3 Å². The quantitative estimate of drug-likeness (QED) is 0.460. The van der Waals surface area contributed by atoms with E-state index in [1.54, 1.807) is 6.08 Å². The molecule has 1 aliphatic carbocycles. The first-order valence-corrected chi connectivity index (χ1v) is 3.98. The van der Waals surface area contributed by atoms with E-state index >= 15 is 0 Å². The fourth-order valence-corrected chi connectivity index (χ4v) is 0.752. The summed E-state index contributed by atoms with van der Waals surface area (Å²) in [6.45, 7) is 4.24. The van der Waals surface area contributed by atoms with Crippen molar-refractivity contribution < 1.29 is 4.79 Å². The second kappa shape index (κ2) is 4.01. The van der Waals surface area contributed by atoms with Gasteiger partial charge in [-0.05, 0) is 19.3 Å². The number of urea groups is 1. The summed E-state index contributed by atoms with van der Waals surface area (Å²) in [4.78, 5) is 10.9. The minimum absolute atomic E-state index is 0.0469. The van der Waals surface area contributed by atoms with Crippen molar-refractivity contribution in [1.29, 1.82) is 0 Å². The second-order valence-corrected chi connectivity index (χ2v) is 2.75. The van der Waals surface area contributed by atoms with Crippen LogP contribution in [0, 0.1) is 0 Å². The van der Waals surface area contributed by atoms with E-state index in [1.807, 2.05) is 0 Å². The Bertz CT molecular complexity index is 152. The lowest BCUT2D eigenvalue weighted by atomic mass is 10.4. The smallest absolute Gasteiger partial charge is 0.315 e. The maximum Gasteiger partial charge on any atom is 0.315 e. The Hall–Kier alpha value is -0.990. The summed E-state index contributed by atoms with van der Waals surface area (Å²) in [6.07, 6.45) is 4.89. The van der Waals surface area contributed by atoms with Gasteiger partial charge in [-0.2, -0.15) is 0 Å². The molecule has 1 saturated carbocycles. The van der Waals surface area contributed by atoms with Gasteiger partial charge in [-0.1, -0.05) is 6.08 Å². The van der Waals surface area contributed by atoms with E-state index in [2.05, 4.69) is 17.2 Å². The predicted octanol–water partition coefficient (Wildman–Crippen LogP) is 1.02. The molecule has 2 N–H and O–H groups in total. The van der Waals surface area contributed by atoms with Crippen molar-refractivity contribution in [3.8, 4) is 0 Å². The van der Waals surface area contributed by atoms with Crippen molar-refractivity contribution in [2.75, 3.05) is 6.54 Å². The van der Waals surface area contributed by atoms with Gasteiger partial charge >= 0.3 is 6.03 Å². The highest BCUT2D eigenvalue weighted by molar-refractivity contribution is 5.74. The highest BCUT2D eigenvalue weighted by atomic mass is 16.2. The fraction of sp³-hybridized carbons (Fsp3) is 0.625. The molecule has 1 aliphatic rings. The third-order valence-corrected chi connectivity index (χ3v) is 1.55. The van der Waals surface area contributed by atoms with Gasteiger partial charge in [0.2, 0.25) is 0 Å². The van der Waals surface area contributed by atoms with Gasteiger partial charge in [0, 0.05) is 12.6 Å². The van der Waals surface area contributed by atoms with Crippen LogP contribution in [0.3, 0.4) is 0 Å². The number of carbonyl (C=O) groups excluding carboxylic acids is 1. The molecule has 0 saturated heterocycles. The van der Waals surface area contributed by atoms with Crippen LogP contribution in [0.2, 0.25) is 0 Å². The number of hydrogen-bond acceptors (Lipinski definition) is 1. The maximum absolute atomic E-state index is 10.9. The average molecular weight is 154 g/mol. The van der Waals surface area contributed by atoms with Crippen molar-refractivity contribution >= 4 is 6.03 Å². The van der Waals surface area contributed by atoms with E-state index in [1.165, 1.54) is 0 Å². The van der Waals surface area contributed by atoms with Crippen LogP contribution in [-0.2, 0) is 0 Å². The van der Waals surface area contributed by atoms with Gasteiger partial charge < -0.3 is 10.6 Å². The Morgan fingerprint density at radius 3 is 2.91 bits per heavy atom. The number of carbonyl (C=O) groups is 1. The number of nitrogens with one attached hydrogen (secondary N) is 2. The zero-order valence-electron chi connectivity index (χ0n) is 6.60. The molecule has 3 heteroatoms. The Morgan fingerprint density at radius 1 is 1.64 bits per heavy atom. The van der Waals surface area contributed by atoms with Gasteiger partial charge in [-0.3, -0.25) is 0 Å². The third kappa shape index (κ3) is 3.65. The highest BCUT2D eigenvalue weighted by Gasteiger charge is 2.22. The Morgan fingerprint density at radius 2 is 2.36 bits per heavy atom. The summed E-state index contributed by atoms with van der Waals surface area (Å²) in [5.74, 6) is 0. The van der Waals surface area contributed by atoms with Gasteiger partial charge in [0.25, 0.3) is 0 Å². The summed E-state index contributed by atoms with van der Waals surface area (Å²) in [7, 11) is 0. The van der Waals surface area contributed by atoms with Gasteiger partial charge in [0.15, 0.2) is 0 Å². The topological polar surface area (TPSA) is 41.1 Å². The molecule has 0 radical (unpaired) electrons. The first-order chi connectivity index (χ1) is 5.33. The lowest BCUT2D eigenvalue weighted by Gasteiger charge is -2.03. The van der Waals surface area contributed by atoms with Crippen LogP contribution in [0.5, 0.6) is 0 Å². The zero-order valence-corrected chi connectivity index (χ0v) is 6.60. The number of hydrogen-bond donors (Lipinski definition) is 2. The molecule has 0 spiro atoms. The number of rotatable bonds is 4. The average Bonchev–Trinajstić information content (AvgIpc) is 2.72. The zero-order chi connectivity index (χ0) is 8.10. The molecule has 3 nitrogen and oxygen atoms in total. The van der Waals surface area contributed by atoms with Crippen LogP contribution in [0.25, 0.3) is 0 Å². The van der Waals surface area contributed by atoms with E-state index in [4.69, 9.17) is 0 Å². The minimum atomic E-state index is -0.0469. The molecule has 0 unspecified atom stereocenters. The van der Waals surface area contributed by atoms with Crippen LogP contribution in [0.1, 0.15) is 19.3 Å². The summed E-state index contributed by atoms with van der Waals surface area (Å²) in [5, 5.41) is 5.56. The van der Waals surface area contributed by atoms with Gasteiger partial charge in [0.05, 0.1) is 0 Å². The van der Waals surface area contributed by atoms with Crippen LogP contribution < -0.4 is 10.6 Å². The molecular weight excluding hydrogens is 140 g/mol. The Kier molecular flexibility index (Phi) is 2.95. The molecule has 0 heterocycles. The minimum Gasteiger partial charge on any atom is -0.338 e. The standard InChI is InChI=1S/C8H14N2O/c1-2-3-6-9-8(11)10-7-4-5-7/h2,7H,1,3-6H2,(H2,9,10,11). The molecule has 0 aromatic heterocycles. The molecule has 0 bridgehead atoms. The van der Waals surface area contributed by atoms with Crippen molar-refractivity contribution in [2.45, 2.75) is 25.3 Å². The largest absolute Gasteiger partial charge is 0.338 e. The maximum atomic E-state index is 10.9. The van der Waals surface area contributed by atoms with E-state index in [0.29, 0.717) is 12.6 Å². The van der Waals surface area contributed by atoms with Crippen molar-refractivity contribution in [2.24, 2.45) is 0 Å². The van der Waals surface area contributed by atoms with Gasteiger partial charge in [-0.15, -0.1) is 6.58 Å². The normalized spacial score (nSPS) is 15.6. The van der Waals surface area contributed by atoms with Crippen molar-refractivity contribution in [3.05, 3.63) is 12.7 Å². The molecule has 1 fully saturated rings. The van der Waals surface area contributed by atoms with Crippen LogP contribution in [-0.4, -0.2) is 18.6 Å². The summed E-state index contributed by atoms with van der Waals surface area (Å²) >= 11 is 0. The molecule has 1 rings (SSSR count). The Balaban J connectivity index is 1.95. The van der Waals surface area contributed by atoms with Crippen LogP contribution >= 0.6 is 0 Å². The predicted molar refractivity (Wildman–Crippen MR) is 44.4 cm³/mol. The third-order valence-electron chi connectivity index (χ3n) is 1.55. The molecule has 0 atom stereocenters. The Labute approximate surface area is 66.9 Å². The second-order valence-electron chi connectivity index (χ2n) is 2.75. The molecule has 0 aromatic carbocycles. The van der Waals surface area contributed by atoms with E-state index in [-0.39, 0.29) is 6.03 Å². The molecular formula is C8H14N2O. The van der Waals surface area contributed by atoms with Crippen molar-refractivity contribution in [1.82, 2.24) is 10.6 Å². The lowest BCUT2D eigenvalue weighted by molar-refractivity contribution is 0.240. The summed E-state index contributed by atoms with van der Waals surface area (Å²) < 4.78 is 0. The summed E-state index contributed by atoms with van der Waals surface area (Å²) in [5.41, 5.74) is 0. The first kappa shape index (κ1) is 8.11. The van der Waals surface area contributed by atoms with Gasteiger partial charge in [-0.25, -0.2) is 4.79 Å². The van der Waals surface area contributed by atoms with E-state index in [9.17, 15) is 4.79 Å². The molecule has 11 heavy (non-hydrogen) atoms. The molecule has 2 amide bonds. The monoisotopic (exact) mass is 154 g/mol. The first-order valence-electron chi connectivity index (χ1n) is 3.98. The molecule has 0 aliphatic heterocycles. The van der Waals surface area contributed by atoms with E-state index < -0.39 is 0 Å². The van der Waals surface area contributed by atoms with Crippen molar-refractivity contribution in [3.63, 3.8) is 0 Å². The highest BCUT2D eigenvalue weighted by Crippen LogP contribution is 2.17. The van der Waals surface area contributed by atoms with Gasteiger partial charge in [0.1, 0.15) is 0 Å². The van der Waals surface area contributed by atoms with Crippen LogP contribution in [0.15, 0.2) is 12.7 Å².